The average Bonchev–Trinajstić information content (AvgIpc) is 2.73. The third-order valence-electron chi connectivity index (χ3n) is 2.60. The highest BCUT2D eigenvalue weighted by molar-refractivity contribution is 7.09. The lowest BCUT2D eigenvalue weighted by atomic mass is 10.1. The lowest BCUT2D eigenvalue weighted by Crippen LogP contribution is -2.19. The Hall–Kier alpha value is -1.26. The van der Waals surface area contributed by atoms with Crippen LogP contribution in [-0.4, -0.2) is 4.98 Å². The van der Waals surface area contributed by atoms with Crippen LogP contribution in [0, 0.1) is 12.7 Å². The van der Waals surface area contributed by atoms with E-state index in [1.54, 1.807) is 23.5 Å². The quantitative estimate of drug-likeness (QED) is 0.899. The van der Waals surface area contributed by atoms with Crippen LogP contribution in [0.4, 0.5) is 4.39 Å². The number of halogens is 1. The number of nitrogens with one attached hydrogen (secondary N) is 1. The number of rotatable bonds is 4. The van der Waals surface area contributed by atoms with Crippen molar-refractivity contribution in [2.75, 3.05) is 0 Å². The smallest absolute Gasteiger partial charge is 0.127 e. The van der Waals surface area contributed by atoms with Crippen LogP contribution in [0.15, 0.2) is 29.6 Å². The van der Waals surface area contributed by atoms with E-state index in [1.807, 2.05) is 25.3 Å². The Morgan fingerprint density at radius 1 is 1.41 bits per heavy atom. The van der Waals surface area contributed by atoms with Gasteiger partial charge < -0.3 is 5.32 Å². The number of aryl methyl sites for hydroxylation is 1. The zero-order valence-electron chi connectivity index (χ0n) is 9.90. The number of nitrogens with zero attached hydrogens (tertiary/aromatic N) is 1. The molecule has 0 radical (unpaired) electrons. The third kappa shape index (κ3) is 3.11. The van der Waals surface area contributed by atoms with Crippen molar-refractivity contribution in [3.05, 3.63) is 51.7 Å². The summed E-state index contributed by atoms with van der Waals surface area (Å²) in [6.45, 7) is 4.60. The van der Waals surface area contributed by atoms with Crippen molar-refractivity contribution in [2.24, 2.45) is 0 Å². The zero-order chi connectivity index (χ0) is 12.3. The van der Waals surface area contributed by atoms with E-state index in [0.717, 1.165) is 10.7 Å². The summed E-state index contributed by atoms with van der Waals surface area (Å²) in [6.07, 6.45) is 0. The molecule has 0 fully saturated rings. The van der Waals surface area contributed by atoms with Crippen LogP contribution in [0.3, 0.4) is 0 Å². The molecule has 0 aliphatic carbocycles. The van der Waals surface area contributed by atoms with Crippen LogP contribution in [0.1, 0.15) is 29.2 Å². The molecule has 1 heterocycles. The fourth-order valence-corrected chi connectivity index (χ4v) is 2.38. The van der Waals surface area contributed by atoms with E-state index in [-0.39, 0.29) is 11.9 Å². The predicted molar refractivity (Wildman–Crippen MR) is 68.5 cm³/mol. The summed E-state index contributed by atoms with van der Waals surface area (Å²) < 4.78 is 13.5. The largest absolute Gasteiger partial charge is 0.304 e. The van der Waals surface area contributed by atoms with Gasteiger partial charge in [-0.3, -0.25) is 0 Å². The minimum Gasteiger partial charge on any atom is -0.304 e. The van der Waals surface area contributed by atoms with Crippen LogP contribution < -0.4 is 5.32 Å². The maximum Gasteiger partial charge on any atom is 0.127 e. The number of hydrogen-bond acceptors (Lipinski definition) is 3. The molecule has 0 bridgehead atoms. The molecular formula is C13H15FN2S. The fourth-order valence-electron chi connectivity index (χ4n) is 1.66. The number of aromatic nitrogens is 1. The summed E-state index contributed by atoms with van der Waals surface area (Å²) in [5.41, 5.74) is 1.73. The summed E-state index contributed by atoms with van der Waals surface area (Å²) in [6, 6.07) is 6.83. The van der Waals surface area contributed by atoms with E-state index in [2.05, 4.69) is 10.3 Å². The first kappa shape index (κ1) is 12.2. The Labute approximate surface area is 105 Å². The Bertz CT molecular complexity index is 496. The highest BCUT2D eigenvalue weighted by Crippen LogP contribution is 2.17. The molecule has 0 amide bonds. The van der Waals surface area contributed by atoms with E-state index in [0.29, 0.717) is 12.1 Å². The molecule has 17 heavy (non-hydrogen) atoms. The molecule has 1 atom stereocenters. The topological polar surface area (TPSA) is 24.9 Å². The lowest BCUT2D eigenvalue weighted by molar-refractivity contribution is 0.527. The molecular weight excluding hydrogens is 235 g/mol. The molecule has 1 unspecified atom stereocenters. The highest BCUT2D eigenvalue weighted by Gasteiger charge is 2.10. The summed E-state index contributed by atoms with van der Waals surface area (Å²) in [5, 5.41) is 6.33. The van der Waals surface area contributed by atoms with Gasteiger partial charge in [-0.25, -0.2) is 9.37 Å². The standard InChI is InChI=1S/C13H15FN2S/c1-9-8-17-13(16-9)7-15-10(2)11-5-3-4-6-12(11)14/h3-6,8,10,15H,7H2,1-2H3. The molecule has 0 saturated heterocycles. The highest BCUT2D eigenvalue weighted by atomic mass is 32.1. The fraction of sp³-hybridized carbons (Fsp3) is 0.308. The van der Waals surface area contributed by atoms with Crippen molar-refractivity contribution >= 4 is 11.3 Å². The second-order valence-electron chi connectivity index (χ2n) is 4.01. The van der Waals surface area contributed by atoms with Crippen LogP contribution in [0.2, 0.25) is 0 Å². The van der Waals surface area contributed by atoms with Gasteiger partial charge in [0.1, 0.15) is 10.8 Å². The average molecular weight is 250 g/mol. The van der Waals surface area contributed by atoms with Crippen LogP contribution in [-0.2, 0) is 6.54 Å². The molecule has 2 aromatic rings. The van der Waals surface area contributed by atoms with Gasteiger partial charge in [0.2, 0.25) is 0 Å². The monoisotopic (exact) mass is 250 g/mol. The van der Waals surface area contributed by atoms with E-state index >= 15 is 0 Å². The Morgan fingerprint density at radius 2 is 2.18 bits per heavy atom. The van der Waals surface area contributed by atoms with Gasteiger partial charge in [-0.05, 0) is 19.9 Å². The number of thiazole rings is 1. The van der Waals surface area contributed by atoms with Crippen molar-refractivity contribution in [1.29, 1.82) is 0 Å². The van der Waals surface area contributed by atoms with Gasteiger partial charge in [0.05, 0.1) is 0 Å². The summed E-state index contributed by atoms with van der Waals surface area (Å²) >= 11 is 1.62. The Morgan fingerprint density at radius 3 is 2.82 bits per heavy atom. The maximum atomic E-state index is 13.5. The van der Waals surface area contributed by atoms with Gasteiger partial charge in [-0.1, -0.05) is 18.2 Å². The predicted octanol–water partition coefficient (Wildman–Crippen LogP) is 3.44. The van der Waals surface area contributed by atoms with Gasteiger partial charge in [0, 0.05) is 29.2 Å². The second kappa shape index (κ2) is 5.38. The molecule has 0 saturated carbocycles. The van der Waals surface area contributed by atoms with Gasteiger partial charge >= 0.3 is 0 Å². The van der Waals surface area contributed by atoms with Gasteiger partial charge in [-0.15, -0.1) is 11.3 Å². The minimum atomic E-state index is -0.164. The first-order chi connectivity index (χ1) is 8.16. The molecule has 4 heteroatoms. The SMILES string of the molecule is Cc1csc(CNC(C)c2ccccc2F)n1. The second-order valence-corrected chi connectivity index (χ2v) is 4.95. The van der Waals surface area contributed by atoms with Crippen molar-refractivity contribution in [2.45, 2.75) is 26.4 Å². The summed E-state index contributed by atoms with van der Waals surface area (Å²) in [7, 11) is 0. The molecule has 90 valence electrons. The Kier molecular flexibility index (Phi) is 3.86. The summed E-state index contributed by atoms with van der Waals surface area (Å²) in [4.78, 5) is 4.36. The zero-order valence-corrected chi connectivity index (χ0v) is 10.7. The first-order valence-corrected chi connectivity index (χ1v) is 6.43. The van der Waals surface area contributed by atoms with Gasteiger partial charge in [-0.2, -0.15) is 0 Å². The molecule has 0 spiro atoms. The maximum absolute atomic E-state index is 13.5. The molecule has 0 aliphatic heterocycles. The minimum absolute atomic E-state index is 0.0135. The van der Waals surface area contributed by atoms with Crippen LogP contribution in [0.5, 0.6) is 0 Å². The normalized spacial score (nSPS) is 12.6. The van der Waals surface area contributed by atoms with Gasteiger partial charge in [0.25, 0.3) is 0 Å². The summed E-state index contributed by atoms with van der Waals surface area (Å²) in [5.74, 6) is -0.164. The van der Waals surface area contributed by atoms with E-state index in [4.69, 9.17) is 0 Å². The van der Waals surface area contributed by atoms with Crippen molar-refractivity contribution in [1.82, 2.24) is 10.3 Å². The lowest BCUT2D eigenvalue weighted by Gasteiger charge is -2.13. The molecule has 0 aliphatic rings. The van der Waals surface area contributed by atoms with Gasteiger partial charge in [0.15, 0.2) is 0 Å². The molecule has 2 nitrogen and oxygen atoms in total. The van der Waals surface area contributed by atoms with Crippen molar-refractivity contribution in [3.8, 4) is 0 Å². The van der Waals surface area contributed by atoms with Crippen LogP contribution in [0.25, 0.3) is 0 Å². The first-order valence-electron chi connectivity index (χ1n) is 5.55. The van der Waals surface area contributed by atoms with E-state index in [1.165, 1.54) is 6.07 Å². The molecule has 1 aromatic carbocycles. The number of hydrogen-bond donors (Lipinski definition) is 1. The van der Waals surface area contributed by atoms with E-state index < -0.39 is 0 Å². The molecule has 1 aromatic heterocycles. The molecule has 2 rings (SSSR count). The third-order valence-corrected chi connectivity index (χ3v) is 3.56. The van der Waals surface area contributed by atoms with Crippen LogP contribution >= 0.6 is 11.3 Å². The van der Waals surface area contributed by atoms with Crippen molar-refractivity contribution in [3.63, 3.8) is 0 Å². The molecule has 1 N–H and O–H groups in total. The van der Waals surface area contributed by atoms with E-state index in [9.17, 15) is 4.39 Å². The number of benzene rings is 1. The van der Waals surface area contributed by atoms with Crippen molar-refractivity contribution < 1.29 is 4.39 Å². The Balaban J connectivity index is 1.98.